The van der Waals surface area contributed by atoms with Crippen LogP contribution >= 0.6 is 0 Å². The predicted molar refractivity (Wildman–Crippen MR) is 76.7 cm³/mol. The molecule has 0 aliphatic rings. The third-order valence-corrected chi connectivity index (χ3v) is 2.97. The van der Waals surface area contributed by atoms with E-state index in [0.717, 1.165) is 5.56 Å². The second-order valence-corrected chi connectivity index (χ2v) is 4.65. The summed E-state index contributed by atoms with van der Waals surface area (Å²) in [5, 5.41) is 12.9. The Hall–Kier alpha value is -2.18. The number of benzene rings is 1. The van der Waals surface area contributed by atoms with Crippen LogP contribution in [-0.2, 0) is 16.1 Å². The van der Waals surface area contributed by atoms with Crippen molar-refractivity contribution in [3.05, 3.63) is 42.1 Å². The number of methoxy groups -OCH3 is 1. The minimum Gasteiger partial charge on any atom is -0.480 e. The molecule has 0 fully saturated rings. The predicted octanol–water partition coefficient (Wildman–Crippen LogP) is 1.87. The van der Waals surface area contributed by atoms with Crippen LogP contribution in [0.1, 0.15) is 5.69 Å². The number of carboxylic acid groups (broad SMARTS) is 1. The van der Waals surface area contributed by atoms with Gasteiger partial charge in [-0.1, -0.05) is 35.5 Å². The first-order valence-electron chi connectivity index (χ1n) is 6.63. The fourth-order valence-electron chi connectivity index (χ4n) is 1.98. The molecule has 2 aromatic rings. The third-order valence-electron chi connectivity index (χ3n) is 2.97. The molecule has 1 aromatic heterocycles. The quantitative estimate of drug-likeness (QED) is 0.800. The van der Waals surface area contributed by atoms with Crippen LogP contribution in [0.4, 0.5) is 0 Å². The van der Waals surface area contributed by atoms with Gasteiger partial charge in [0.25, 0.3) is 0 Å². The Kier molecular flexibility index (Phi) is 5.48. The van der Waals surface area contributed by atoms with Crippen molar-refractivity contribution >= 4 is 5.97 Å². The Morgan fingerprint density at radius 2 is 2.14 bits per heavy atom. The molecule has 1 aromatic carbocycles. The minimum absolute atomic E-state index is 0.0586. The summed E-state index contributed by atoms with van der Waals surface area (Å²) in [4.78, 5) is 12.6. The molecule has 0 saturated heterocycles. The summed E-state index contributed by atoms with van der Waals surface area (Å²) in [5.41, 5.74) is 1.64. The average molecular weight is 290 g/mol. The molecule has 0 aliphatic heterocycles. The number of aliphatic carboxylic acids is 1. The highest BCUT2D eigenvalue weighted by molar-refractivity contribution is 5.69. The Bertz CT molecular complexity index is 568. The fraction of sp³-hybridized carbons (Fsp3) is 0.333. The molecule has 0 bridgehead atoms. The first-order chi connectivity index (χ1) is 10.2. The molecule has 0 unspecified atom stereocenters. The Morgan fingerprint density at radius 1 is 1.38 bits per heavy atom. The van der Waals surface area contributed by atoms with Gasteiger partial charge in [0, 0.05) is 31.8 Å². The zero-order valence-corrected chi connectivity index (χ0v) is 11.9. The Balaban J connectivity index is 2.03. The lowest BCUT2D eigenvalue weighted by atomic mass is 10.1. The van der Waals surface area contributed by atoms with Gasteiger partial charge in [0.15, 0.2) is 5.76 Å². The number of carbonyl (C=O) groups is 1. The fourth-order valence-corrected chi connectivity index (χ4v) is 1.98. The van der Waals surface area contributed by atoms with Gasteiger partial charge in [0.2, 0.25) is 0 Å². The number of aromatic nitrogens is 1. The number of ether oxygens (including phenoxy) is 1. The van der Waals surface area contributed by atoms with Crippen LogP contribution in [-0.4, -0.2) is 47.9 Å². The van der Waals surface area contributed by atoms with Crippen LogP contribution in [0.15, 0.2) is 40.9 Å². The van der Waals surface area contributed by atoms with Crippen molar-refractivity contribution in [2.75, 3.05) is 26.8 Å². The van der Waals surface area contributed by atoms with E-state index in [4.69, 9.17) is 14.4 Å². The Labute approximate surface area is 122 Å². The maximum atomic E-state index is 10.9. The summed E-state index contributed by atoms with van der Waals surface area (Å²) in [6.07, 6.45) is 0. The largest absolute Gasteiger partial charge is 0.480 e. The summed E-state index contributed by atoms with van der Waals surface area (Å²) >= 11 is 0. The maximum Gasteiger partial charge on any atom is 0.317 e. The molecule has 0 radical (unpaired) electrons. The lowest BCUT2D eigenvalue weighted by Gasteiger charge is -2.17. The van der Waals surface area contributed by atoms with E-state index in [2.05, 4.69) is 5.16 Å². The van der Waals surface area contributed by atoms with E-state index in [1.165, 1.54) is 0 Å². The molecule has 6 nitrogen and oxygen atoms in total. The van der Waals surface area contributed by atoms with Crippen molar-refractivity contribution in [3.63, 3.8) is 0 Å². The monoisotopic (exact) mass is 290 g/mol. The van der Waals surface area contributed by atoms with Crippen molar-refractivity contribution in [3.8, 4) is 11.3 Å². The van der Waals surface area contributed by atoms with Gasteiger partial charge in [-0.05, 0) is 0 Å². The van der Waals surface area contributed by atoms with E-state index in [9.17, 15) is 4.79 Å². The number of rotatable bonds is 8. The van der Waals surface area contributed by atoms with Gasteiger partial charge in [-0.25, -0.2) is 0 Å². The van der Waals surface area contributed by atoms with Crippen LogP contribution in [0.25, 0.3) is 11.3 Å². The summed E-state index contributed by atoms with van der Waals surface area (Å²) in [6.45, 7) is 1.34. The summed E-state index contributed by atoms with van der Waals surface area (Å²) in [7, 11) is 1.59. The average Bonchev–Trinajstić information content (AvgIpc) is 2.93. The topological polar surface area (TPSA) is 75.8 Å². The van der Waals surface area contributed by atoms with E-state index >= 15 is 0 Å². The van der Waals surface area contributed by atoms with Crippen molar-refractivity contribution in [2.45, 2.75) is 6.54 Å². The van der Waals surface area contributed by atoms with Crippen molar-refractivity contribution in [2.24, 2.45) is 0 Å². The van der Waals surface area contributed by atoms with Crippen LogP contribution in [0.2, 0.25) is 0 Å². The molecule has 0 aliphatic carbocycles. The van der Waals surface area contributed by atoms with Crippen molar-refractivity contribution in [1.82, 2.24) is 10.1 Å². The summed E-state index contributed by atoms with van der Waals surface area (Å²) in [6, 6.07) is 11.5. The zero-order valence-electron chi connectivity index (χ0n) is 11.9. The van der Waals surface area contributed by atoms with E-state index in [-0.39, 0.29) is 6.54 Å². The summed E-state index contributed by atoms with van der Waals surface area (Å²) < 4.78 is 10.3. The van der Waals surface area contributed by atoms with Crippen LogP contribution < -0.4 is 0 Å². The second kappa shape index (κ2) is 7.56. The molecular formula is C15H18N2O4. The van der Waals surface area contributed by atoms with Crippen molar-refractivity contribution < 1.29 is 19.2 Å². The summed E-state index contributed by atoms with van der Waals surface area (Å²) in [5.74, 6) is -0.203. The Morgan fingerprint density at radius 3 is 2.81 bits per heavy atom. The van der Waals surface area contributed by atoms with Crippen LogP contribution in [0.3, 0.4) is 0 Å². The molecule has 0 saturated carbocycles. The highest BCUT2D eigenvalue weighted by atomic mass is 16.5. The molecule has 6 heteroatoms. The molecule has 21 heavy (non-hydrogen) atoms. The first-order valence-corrected chi connectivity index (χ1v) is 6.63. The maximum absolute atomic E-state index is 10.9. The third kappa shape index (κ3) is 4.70. The van der Waals surface area contributed by atoms with E-state index in [1.807, 2.05) is 36.4 Å². The van der Waals surface area contributed by atoms with Crippen LogP contribution in [0.5, 0.6) is 0 Å². The molecule has 0 spiro atoms. The first kappa shape index (κ1) is 15.2. The van der Waals surface area contributed by atoms with E-state index in [1.54, 1.807) is 12.0 Å². The molecule has 1 N–H and O–H groups in total. The molecule has 0 atom stereocenters. The smallest absolute Gasteiger partial charge is 0.317 e. The van der Waals surface area contributed by atoms with Gasteiger partial charge < -0.3 is 14.4 Å². The van der Waals surface area contributed by atoms with Gasteiger partial charge >= 0.3 is 5.97 Å². The molecule has 0 amide bonds. The lowest BCUT2D eigenvalue weighted by Crippen LogP contribution is -2.32. The van der Waals surface area contributed by atoms with Crippen molar-refractivity contribution in [1.29, 1.82) is 0 Å². The van der Waals surface area contributed by atoms with Gasteiger partial charge in [0.1, 0.15) is 0 Å². The standard InChI is InChI=1S/C15H18N2O4/c1-20-8-7-17(11-15(18)19)10-13-9-14(21-16-13)12-5-3-2-4-6-12/h2-6,9H,7-8,10-11H2,1H3,(H,18,19). The van der Waals surface area contributed by atoms with Gasteiger partial charge in [-0.3, -0.25) is 9.69 Å². The normalized spacial score (nSPS) is 11.0. The zero-order chi connectivity index (χ0) is 15.1. The van der Waals surface area contributed by atoms with Gasteiger partial charge in [0.05, 0.1) is 18.8 Å². The van der Waals surface area contributed by atoms with Crippen LogP contribution in [0, 0.1) is 0 Å². The molecule has 2 rings (SSSR count). The number of carboxylic acids is 1. The molecule has 112 valence electrons. The molecule has 1 heterocycles. The number of hydrogen-bond acceptors (Lipinski definition) is 5. The second-order valence-electron chi connectivity index (χ2n) is 4.65. The number of hydrogen-bond donors (Lipinski definition) is 1. The SMILES string of the molecule is COCCN(CC(=O)O)Cc1cc(-c2ccccc2)on1. The molecular weight excluding hydrogens is 272 g/mol. The minimum atomic E-state index is -0.877. The van der Waals surface area contributed by atoms with E-state index < -0.39 is 5.97 Å². The lowest BCUT2D eigenvalue weighted by molar-refractivity contribution is -0.138. The van der Waals surface area contributed by atoms with E-state index in [0.29, 0.717) is 31.2 Å². The number of nitrogens with zero attached hydrogens (tertiary/aromatic N) is 2. The highest BCUT2D eigenvalue weighted by Crippen LogP contribution is 2.20. The van der Waals surface area contributed by atoms with Gasteiger partial charge in [-0.15, -0.1) is 0 Å². The van der Waals surface area contributed by atoms with Gasteiger partial charge in [-0.2, -0.15) is 0 Å². The highest BCUT2D eigenvalue weighted by Gasteiger charge is 2.13.